The molecule has 3 rings (SSSR count). The summed E-state index contributed by atoms with van der Waals surface area (Å²) in [5.41, 5.74) is 1.49. The first kappa shape index (κ1) is 13.6. The Kier molecular flexibility index (Phi) is 4.03. The van der Waals surface area contributed by atoms with E-state index in [-0.39, 0.29) is 17.4 Å². The van der Waals surface area contributed by atoms with E-state index in [1.165, 1.54) is 12.0 Å². The lowest BCUT2D eigenvalue weighted by atomic mass is 9.64. The number of ether oxygens (including phenoxy) is 1. The maximum atomic E-state index is 12.2. The van der Waals surface area contributed by atoms with Gasteiger partial charge in [-0.25, -0.2) is 0 Å². The van der Waals surface area contributed by atoms with Crippen LogP contribution in [0.3, 0.4) is 0 Å². The van der Waals surface area contributed by atoms with Crippen molar-refractivity contribution in [2.45, 2.75) is 30.7 Å². The predicted octanol–water partition coefficient (Wildman–Crippen LogP) is 1.21. The molecule has 2 N–H and O–H groups in total. The van der Waals surface area contributed by atoms with Crippen molar-refractivity contribution >= 4 is 5.91 Å². The Morgan fingerprint density at radius 2 is 2.15 bits per heavy atom. The SMILES string of the molecule is O=C(NCC1(c2ccccc2)CCC1)C1COCCN1. The van der Waals surface area contributed by atoms with Gasteiger partial charge < -0.3 is 15.4 Å². The van der Waals surface area contributed by atoms with Crippen LogP contribution in [0, 0.1) is 0 Å². The lowest BCUT2D eigenvalue weighted by molar-refractivity contribution is -0.126. The molecule has 0 radical (unpaired) electrons. The van der Waals surface area contributed by atoms with Gasteiger partial charge in [0.15, 0.2) is 0 Å². The minimum atomic E-state index is -0.198. The topological polar surface area (TPSA) is 50.4 Å². The molecular formula is C16H22N2O2. The second-order valence-corrected chi connectivity index (χ2v) is 5.80. The summed E-state index contributed by atoms with van der Waals surface area (Å²) >= 11 is 0. The first-order valence-electron chi connectivity index (χ1n) is 7.45. The summed E-state index contributed by atoms with van der Waals surface area (Å²) in [6.07, 6.45) is 3.56. The van der Waals surface area contributed by atoms with Gasteiger partial charge in [-0.05, 0) is 18.4 Å². The van der Waals surface area contributed by atoms with Crippen molar-refractivity contribution in [2.24, 2.45) is 0 Å². The van der Waals surface area contributed by atoms with Crippen LogP contribution in [-0.4, -0.2) is 38.3 Å². The van der Waals surface area contributed by atoms with Crippen molar-refractivity contribution < 1.29 is 9.53 Å². The van der Waals surface area contributed by atoms with Crippen LogP contribution < -0.4 is 10.6 Å². The Hall–Kier alpha value is -1.39. The normalized spacial score (nSPS) is 24.7. The second kappa shape index (κ2) is 5.94. The summed E-state index contributed by atoms with van der Waals surface area (Å²) in [7, 11) is 0. The van der Waals surface area contributed by atoms with Crippen molar-refractivity contribution in [3.8, 4) is 0 Å². The summed E-state index contributed by atoms with van der Waals surface area (Å²) in [5, 5.41) is 6.31. The molecule has 1 aromatic carbocycles. The molecule has 20 heavy (non-hydrogen) atoms. The monoisotopic (exact) mass is 274 g/mol. The standard InChI is InChI=1S/C16H22N2O2/c19-15(14-11-20-10-9-17-14)18-12-16(7-4-8-16)13-5-2-1-3-6-13/h1-3,5-6,14,17H,4,7-12H2,(H,18,19). The minimum Gasteiger partial charge on any atom is -0.378 e. The molecule has 1 unspecified atom stereocenters. The molecule has 1 saturated carbocycles. The Bertz CT molecular complexity index is 451. The van der Waals surface area contributed by atoms with E-state index in [1.807, 2.05) is 6.07 Å². The highest BCUT2D eigenvalue weighted by molar-refractivity contribution is 5.82. The number of morpholine rings is 1. The largest absolute Gasteiger partial charge is 0.378 e. The van der Waals surface area contributed by atoms with E-state index in [2.05, 4.69) is 34.9 Å². The van der Waals surface area contributed by atoms with Gasteiger partial charge in [0, 0.05) is 18.5 Å². The molecule has 1 atom stereocenters. The summed E-state index contributed by atoms with van der Waals surface area (Å²) < 4.78 is 5.34. The molecule has 0 aromatic heterocycles. The highest BCUT2D eigenvalue weighted by Crippen LogP contribution is 2.43. The van der Waals surface area contributed by atoms with E-state index in [0.717, 1.165) is 25.9 Å². The summed E-state index contributed by atoms with van der Waals surface area (Å²) in [5.74, 6) is 0.0620. The molecule has 1 heterocycles. The number of rotatable bonds is 4. The van der Waals surface area contributed by atoms with E-state index in [4.69, 9.17) is 4.74 Å². The van der Waals surface area contributed by atoms with Crippen LogP contribution in [0.2, 0.25) is 0 Å². The van der Waals surface area contributed by atoms with E-state index in [0.29, 0.717) is 13.2 Å². The molecule has 1 aromatic rings. The minimum absolute atomic E-state index is 0.0620. The smallest absolute Gasteiger partial charge is 0.239 e. The third-order valence-corrected chi connectivity index (χ3v) is 4.54. The zero-order valence-corrected chi connectivity index (χ0v) is 11.7. The van der Waals surface area contributed by atoms with Crippen LogP contribution in [0.15, 0.2) is 30.3 Å². The molecule has 1 amide bonds. The molecule has 0 spiro atoms. The Morgan fingerprint density at radius 3 is 2.75 bits per heavy atom. The highest BCUT2D eigenvalue weighted by atomic mass is 16.5. The van der Waals surface area contributed by atoms with Crippen molar-refractivity contribution in [3.05, 3.63) is 35.9 Å². The average Bonchev–Trinajstić information content (AvgIpc) is 2.48. The van der Waals surface area contributed by atoms with E-state index < -0.39 is 0 Å². The fourth-order valence-corrected chi connectivity index (χ4v) is 3.08. The van der Waals surface area contributed by atoms with Gasteiger partial charge in [0.1, 0.15) is 6.04 Å². The van der Waals surface area contributed by atoms with Crippen molar-refractivity contribution in [1.29, 1.82) is 0 Å². The average molecular weight is 274 g/mol. The summed E-state index contributed by atoms with van der Waals surface area (Å²) in [4.78, 5) is 12.2. The lowest BCUT2D eigenvalue weighted by Gasteiger charge is -2.43. The number of hydrogen-bond acceptors (Lipinski definition) is 3. The molecule has 108 valence electrons. The summed E-state index contributed by atoms with van der Waals surface area (Å²) in [6.45, 7) is 2.65. The zero-order chi connectivity index (χ0) is 13.8. The molecule has 2 fully saturated rings. The molecule has 1 aliphatic heterocycles. The van der Waals surface area contributed by atoms with Gasteiger partial charge in [-0.3, -0.25) is 4.79 Å². The molecule has 1 saturated heterocycles. The first-order chi connectivity index (χ1) is 9.80. The molecule has 2 aliphatic rings. The lowest BCUT2D eigenvalue weighted by Crippen LogP contribution is -2.54. The fraction of sp³-hybridized carbons (Fsp3) is 0.562. The first-order valence-corrected chi connectivity index (χ1v) is 7.45. The van der Waals surface area contributed by atoms with E-state index >= 15 is 0 Å². The van der Waals surface area contributed by atoms with Crippen LogP contribution >= 0.6 is 0 Å². The van der Waals surface area contributed by atoms with Crippen molar-refractivity contribution in [1.82, 2.24) is 10.6 Å². The van der Waals surface area contributed by atoms with Crippen LogP contribution in [0.1, 0.15) is 24.8 Å². The van der Waals surface area contributed by atoms with Gasteiger partial charge >= 0.3 is 0 Å². The Balaban J connectivity index is 1.60. The number of benzene rings is 1. The van der Waals surface area contributed by atoms with Crippen LogP contribution in [0.5, 0.6) is 0 Å². The van der Waals surface area contributed by atoms with Gasteiger partial charge in [0.25, 0.3) is 0 Å². The van der Waals surface area contributed by atoms with Gasteiger partial charge in [0.05, 0.1) is 13.2 Å². The summed E-state index contributed by atoms with van der Waals surface area (Å²) in [6, 6.07) is 10.3. The van der Waals surface area contributed by atoms with E-state index in [9.17, 15) is 4.79 Å². The molecule has 4 nitrogen and oxygen atoms in total. The zero-order valence-electron chi connectivity index (χ0n) is 11.7. The number of amides is 1. The highest BCUT2D eigenvalue weighted by Gasteiger charge is 2.39. The fourth-order valence-electron chi connectivity index (χ4n) is 3.08. The predicted molar refractivity (Wildman–Crippen MR) is 77.6 cm³/mol. The van der Waals surface area contributed by atoms with E-state index in [1.54, 1.807) is 0 Å². The maximum Gasteiger partial charge on any atom is 0.239 e. The van der Waals surface area contributed by atoms with Crippen LogP contribution in [0.25, 0.3) is 0 Å². The number of hydrogen-bond donors (Lipinski definition) is 2. The molecule has 4 heteroatoms. The number of nitrogens with one attached hydrogen (secondary N) is 2. The number of carbonyl (C=O) groups is 1. The molecule has 0 bridgehead atoms. The maximum absolute atomic E-state index is 12.2. The van der Waals surface area contributed by atoms with Gasteiger partial charge in [0.2, 0.25) is 5.91 Å². The van der Waals surface area contributed by atoms with Gasteiger partial charge in [-0.1, -0.05) is 36.8 Å². The second-order valence-electron chi connectivity index (χ2n) is 5.80. The van der Waals surface area contributed by atoms with Gasteiger partial charge in [-0.2, -0.15) is 0 Å². The number of carbonyl (C=O) groups excluding carboxylic acids is 1. The Labute approximate surface area is 119 Å². The van der Waals surface area contributed by atoms with Crippen molar-refractivity contribution in [2.75, 3.05) is 26.3 Å². The molecular weight excluding hydrogens is 252 g/mol. The molecule has 1 aliphatic carbocycles. The third-order valence-electron chi connectivity index (χ3n) is 4.54. The van der Waals surface area contributed by atoms with Crippen LogP contribution in [0.4, 0.5) is 0 Å². The van der Waals surface area contributed by atoms with Crippen LogP contribution in [-0.2, 0) is 14.9 Å². The van der Waals surface area contributed by atoms with Crippen molar-refractivity contribution in [3.63, 3.8) is 0 Å². The Morgan fingerprint density at radius 1 is 1.35 bits per heavy atom. The third kappa shape index (κ3) is 2.72. The quantitative estimate of drug-likeness (QED) is 0.868. The van der Waals surface area contributed by atoms with Gasteiger partial charge in [-0.15, -0.1) is 0 Å².